The van der Waals surface area contributed by atoms with Crippen LogP contribution in [-0.2, 0) is 16.0 Å². The van der Waals surface area contributed by atoms with Gasteiger partial charge < -0.3 is 19.7 Å². The lowest BCUT2D eigenvalue weighted by Gasteiger charge is -2.34. The third-order valence-electron chi connectivity index (χ3n) is 4.82. The van der Waals surface area contributed by atoms with Crippen molar-refractivity contribution in [1.82, 2.24) is 20.0 Å². The van der Waals surface area contributed by atoms with E-state index in [0.717, 1.165) is 83.3 Å². The molecule has 162 valence electrons. The molecular weight excluding hydrogens is 469 g/mol. The first kappa shape index (κ1) is 25.2. The number of rotatable bonds is 10. The number of methoxy groups -OCH3 is 1. The van der Waals surface area contributed by atoms with Crippen LogP contribution in [0, 0.1) is 13.8 Å². The molecule has 1 aliphatic heterocycles. The van der Waals surface area contributed by atoms with Crippen molar-refractivity contribution in [3.8, 4) is 0 Å². The third-order valence-corrected chi connectivity index (χ3v) is 4.82. The van der Waals surface area contributed by atoms with Crippen molar-refractivity contribution in [3.05, 3.63) is 17.5 Å². The molecule has 1 saturated heterocycles. The normalized spacial score (nSPS) is 15.6. The van der Waals surface area contributed by atoms with Gasteiger partial charge in [-0.2, -0.15) is 5.10 Å². The smallest absolute Gasteiger partial charge is 0.193 e. The number of likely N-dealkylation sites (tertiary alicyclic amines) is 1. The number of aromatic nitrogens is 2. The number of guanidine groups is 1. The Morgan fingerprint density at radius 1 is 1.25 bits per heavy atom. The van der Waals surface area contributed by atoms with Crippen LogP contribution in [-0.4, -0.2) is 73.2 Å². The highest BCUT2D eigenvalue weighted by Crippen LogP contribution is 2.14. The van der Waals surface area contributed by atoms with Gasteiger partial charge in [-0.1, -0.05) is 0 Å². The summed E-state index contributed by atoms with van der Waals surface area (Å²) in [7, 11) is 1.73. The Balaban J connectivity index is 0.00000392. The van der Waals surface area contributed by atoms with Crippen molar-refractivity contribution in [1.29, 1.82) is 0 Å². The summed E-state index contributed by atoms with van der Waals surface area (Å²) in [6.45, 7) is 12.4. The van der Waals surface area contributed by atoms with Crippen LogP contribution in [0.1, 0.15) is 44.0 Å². The molecule has 2 rings (SSSR count). The number of aryl methyl sites for hydroxylation is 3. The molecule has 1 aromatic rings. The molecule has 0 amide bonds. The lowest BCUT2D eigenvalue weighted by atomic mass is 10.1. The topological polar surface area (TPSA) is 63.9 Å². The van der Waals surface area contributed by atoms with Crippen LogP contribution < -0.4 is 5.32 Å². The van der Waals surface area contributed by atoms with Crippen molar-refractivity contribution < 1.29 is 9.47 Å². The van der Waals surface area contributed by atoms with Crippen LogP contribution in [0.15, 0.2) is 11.1 Å². The molecular formula is C20H38IN5O2. The number of aliphatic imine (C=N–C) groups is 1. The second kappa shape index (κ2) is 14.2. The lowest BCUT2D eigenvalue weighted by Crippen LogP contribution is -2.47. The first-order valence-corrected chi connectivity index (χ1v) is 10.3. The van der Waals surface area contributed by atoms with Crippen LogP contribution in [0.5, 0.6) is 0 Å². The van der Waals surface area contributed by atoms with Crippen molar-refractivity contribution in [2.24, 2.45) is 4.99 Å². The summed E-state index contributed by atoms with van der Waals surface area (Å²) < 4.78 is 13.1. The monoisotopic (exact) mass is 507 g/mol. The van der Waals surface area contributed by atoms with Crippen LogP contribution >= 0.6 is 24.0 Å². The Morgan fingerprint density at radius 2 is 2.00 bits per heavy atom. The number of piperidine rings is 1. The molecule has 1 aromatic heterocycles. The molecule has 0 radical (unpaired) electrons. The molecule has 28 heavy (non-hydrogen) atoms. The molecule has 1 aliphatic rings. The van der Waals surface area contributed by atoms with Gasteiger partial charge >= 0.3 is 0 Å². The van der Waals surface area contributed by atoms with Gasteiger partial charge in [0.2, 0.25) is 0 Å². The minimum absolute atomic E-state index is 0. The SMILES string of the molecule is CCNC(=NCCCn1nc(C)cc1C)N1CCC(OCCCOC)CC1.I. The summed E-state index contributed by atoms with van der Waals surface area (Å²) in [6, 6.07) is 2.12. The van der Waals surface area contributed by atoms with Crippen molar-refractivity contribution in [3.63, 3.8) is 0 Å². The van der Waals surface area contributed by atoms with E-state index in [1.54, 1.807) is 7.11 Å². The van der Waals surface area contributed by atoms with Crippen LogP contribution in [0.25, 0.3) is 0 Å². The van der Waals surface area contributed by atoms with E-state index in [2.05, 4.69) is 39.9 Å². The Hall–Kier alpha value is -0.870. The van der Waals surface area contributed by atoms with Crippen LogP contribution in [0.2, 0.25) is 0 Å². The summed E-state index contributed by atoms with van der Waals surface area (Å²) in [4.78, 5) is 7.20. The van der Waals surface area contributed by atoms with Crippen LogP contribution in [0.3, 0.4) is 0 Å². The number of hydrogen-bond donors (Lipinski definition) is 1. The predicted octanol–water partition coefficient (Wildman–Crippen LogP) is 2.99. The molecule has 1 fully saturated rings. The summed E-state index contributed by atoms with van der Waals surface area (Å²) in [6.07, 6.45) is 4.45. The van der Waals surface area contributed by atoms with Crippen molar-refractivity contribution in [2.45, 2.75) is 59.1 Å². The maximum absolute atomic E-state index is 5.96. The number of ether oxygens (including phenoxy) is 2. The average molecular weight is 507 g/mol. The van der Waals surface area contributed by atoms with Gasteiger partial charge in [0.1, 0.15) is 0 Å². The predicted molar refractivity (Wildman–Crippen MR) is 125 cm³/mol. The van der Waals surface area contributed by atoms with Gasteiger partial charge in [0.05, 0.1) is 11.8 Å². The zero-order valence-corrected chi connectivity index (χ0v) is 20.3. The highest BCUT2D eigenvalue weighted by molar-refractivity contribution is 14.0. The Morgan fingerprint density at radius 3 is 2.61 bits per heavy atom. The minimum atomic E-state index is 0. The van der Waals surface area contributed by atoms with E-state index in [-0.39, 0.29) is 24.0 Å². The second-order valence-electron chi connectivity index (χ2n) is 7.14. The number of nitrogens with one attached hydrogen (secondary N) is 1. The third kappa shape index (κ3) is 8.65. The van der Waals surface area contributed by atoms with Crippen LogP contribution in [0.4, 0.5) is 0 Å². The number of hydrogen-bond acceptors (Lipinski definition) is 4. The molecule has 0 aromatic carbocycles. The molecule has 0 aliphatic carbocycles. The molecule has 0 saturated carbocycles. The molecule has 0 unspecified atom stereocenters. The van der Waals surface area contributed by atoms with E-state index in [0.29, 0.717) is 6.10 Å². The molecule has 2 heterocycles. The summed E-state index contributed by atoms with van der Waals surface area (Å²) in [5, 5.41) is 7.96. The maximum Gasteiger partial charge on any atom is 0.193 e. The number of nitrogens with zero attached hydrogens (tertiary/aromatic N) is 4. The second-order valence-corrected chi connectivity index (χ2v) is 7.14. The summed E-state index contributed by atoms with van der Waals surface area (Å²) in [5.74, 6) is 1.03. The van der Waals surface area contributed by atoms with E-state index in [9.17, 15) is 0 Å². The quantitative estimate of drug-likeness (QED) is 0.228. The van der Waals surface area contributed by atoms with Gasteiger partial charge in [-0.3, -0.25) is 9.67 Å². The van der Waals surface area contributed by atoms with E-state index in [4.69, 9.17) is 14.5 Å². The largest absolute Gasteiger partial charge is 0.385 e. The minimum Gasteiger partial charge on any atom is -0.385 e. The van der Waals surface area contributed by atoms with Crippen molar-refractivity contribution in [2.75, 3.05) is 46.5 Å². The lowest BCUT2D eigenvalue weighted by molar-refractivity contribution is 0.00990. The van der Waals surface area contributed by atoms with Crippen molar-refractivity contribution >= 4 is 29.9 Å². The molecule has 0 atom stereocenters. The fourth-order valence-corrected chi connectivity index (χ4v) is 3.42. The van der Waals surface area contributed by atoms with Gasteiger partial charge in [-0.15, -0.1) is 24.0 Å². The standard InChI is InChI=1S/C20H37N5O2.HI/c1-5-21-20(22-10-6-11-25-18(3)16-17(2)23-25)24-12-8-19(9-13-24)27-15-7-14-26-4;/h16,19H,5-15H2,1-4H3,(H,21,22);1H. The molecule has 8 heteroatoms. The van der Waals surface area contributed by atoms with Gasteiger partial charge in [0.15, 0.2) is 5.96 Å². The van der Waals surface area contributed by atoms with E-state index >= 15 is 0 Å². The molecule has 0 spiro atoms. The average Bonchev–Trinajstić information content (AvgIpc) is 2.99. The summed E-state index contributed by atoms with van der Waals surface area (Å²) >= 11 is 0. The highest BCUT2D eigenvalue weighted by atomic mass is 127. The van der Waals surface area contributed by atoms with Gasteiger partial charge in [0, 0.05) is 58.7 Å². The fraction of sp³-hybridized carbons (Fsp3) is 0.800. The highest BCUT2D eigenvalue weighted by Gasteiger charge is 2.21. The van der Waals surface area contributed by atoms with E-state index in [1.807, 2.05) is 6.92 Å². The van der Waals surface area contributed by atoms with E-state index < -0.39 is 0 Å². The zero-order chi connectivity index (χ0) is 19.5. The molecule has 0 bridgehead atoms. The van der Waals surface area contributed by atoms with E-state index in [1.165, 1.54) is 5.69 Å². The Labute approximate surface area is 187 Å². The van der Waals surface area contributed by atoms with Gasteiger partial charge in [-0.25, -0.2) is 0 Å². The number of halogens is 1. The fourth-order valence-electron chi connectivity index (χ4n) is 3.42. The molecule has 7 nitrogen and oxygen atoms in total. The van der Waals surface area contributed by atoms with Gasteiger partial charge in [-0.05, 0) is 52.5 Å². The molecule has 1 N–H and O–H groups in total. The zero-order valence-electron chi connectivity index (χ0n) is 17.9. The maximum atomic E-state index is 5.96. The Bertz CT molecular complexity index is 571. The Kier molecular flexibility index (Phi) is 12.7. The first-order chi connectivity index (χ1) is 13.1. The van der Waals surface area contributed by atoms with Gasteiger partial charge in [0.25, 0.3) is 0 Å². The first-order valence-electron chi connectivity index (χ1n) is 10.3. The summed E-state index contributed by atoms with van der Waals surface area (Å²) in [5.41, 5.74) is 2.30.